The van der Waals surface area contributed by atoms with Crippen LogP contribution in [-0.2, 0) is 6.54 Å². The van der Waals surface area contributed by atoms with Gasteiger partial charge < -0.3 is 10.3 Å². The minimum atomic E-state index is 0.0454. The lowest BCUT2D eigenvalue weighted by molar-refractivity contribution is 0.620. The second-order valence-corrected chi connectivity index (χ2v) is 4.83. The fourth-order valence-corrected chi connectivity index (χ4v) is 2.19. The Hall–Kier alpha value is -1.68. The van der Waals surface area contributed by atoms with Crippen LogP contribution < -0.4 is 11.3 Å². The molecule has 1 aromatic carbocycles. The number of rotatable bonds is 5. The van der Waals surface area contributed by atoms with Crippen LogP contribution in [0.3, 0.4) is 0 Å². The third-order valence-electron chi connectivity index (χ3n) is 2.95. The second kappa shape index (κ2) is 5.78. The largest absolute Gasteiger partial charge is 0.393 e. The SMILES string of the molecule is NC(=S)CCCCn1c(=O)ccc2ccccc21. The number of hydrogen-bond donors (Lipinski definition) is 1. The number of fused-ring (bicyclic) bond motifs is 1. The van der Waals surface area contributed by atoms with Crippen LogP contribution >= 0.6 is 12.2 Å². The maximum absolute atomic E-state index is 11.9. The molecule has 0 amide bonds. The standard InChI is InChI=1S/C14H16N2OS/c15-13(18)7-3-4-10-16-12-6-2-1-5-11(12)8-9-14(16)17/h1-2,5-6,8-9H,3-4,7,10H2,(H2,15,18). The van der Waals surface area contributed by atoms with Gasteiger partial charge in [-0.1, -0.05) is 30.4 Å². The number of nitrogens with two attached hydrogens (primary N) is 1. The summed E-state index contributed by atoms with van der Waals surface area (Å²) in [4.78, 5) is 12.4. The van der Waals surface area contributed by atoms with Crippen molar-refractivity contribution in [1.29, 1.82) is 0 Å². The Kier molecular flexibility index (Phi) is 4.10. The average molecular weight is 260 g/mol. The van der Waals surface area contributed by atoms with Crippen molar-refractivity contribution in [3.63, 3.8) is 0 Å². The number of para-hydroxylation sites is 1. The summed E-state index contributed by atoms with van der Waals surface area (Å²) in [5, 5.41) is 1.09. The molecule has 0 unspecified atom stereocenters. The van der Waals surface area contributed by atoms with E-state index < -0.39 is 0 Å². The Morgan fingerprint density at radius 3 is 2.72 bits per heavy atom. The molecule has 0 fully saturated rings. The summed E-state index contributed by atoms with van der Waals surface area (Å²) in [7, 11) is 0. The quantitative estimate of drug-likeness (QED) is 0.663. The van der Waals surface area contributed by atoms with Crippen molar-refractivity contribution in [2.75, 3.05) is 0 Å². The number of aryl methyl sites for hydroxylation is 1. The zero-order chi connectivity index (χ0) is 13.0. The molecule has 0 saturated carbocycles. The van der Waals surface area contributed by atoms with Gasteiger partial charge in [-0.25, -0.2) is 0 Å². The summed E-state index contributed by atoms with van der Waals surface area (Å²) >= 11 is 4.84. The molecule has 0 radical (unpaired) electrons. The normalized spacial score (nSPS) is 10.7. The van der Waals surface area contributed by atoms with Gasteiger partial charge in [-0.15, -0.1) is 0 Å². The second-order valence-electron chi connectivity index (χ2n) is 4.31. The predicted molar refractivity (Wildman–Crippen MR) is 78.8 cm³/mol. The van der Waals surface area contributed by atoms with Crippen molar-refractivity contribution in [3.8, 4) is 0 Å². The Balaban J connectivity index is 2.19. The third kappa shape index (κ3) is 2.96. The van der Waals surface area contributed by atoms with E-state index in [9.17, 15) is 4.79 Å². The van der Waals surface area contributed by atoms with Crippen molar-refractivity contribution in [2.24, 2.45) is 5.73 Å². The van der Waals surface area contributed by atoms with E-state index in [0.29, 0.717) is 11.5 Å². The molecule has 3 nitrogen and oxygen atoms in total. The maximum Gasteiger partial charge on any atom is 0.251 e. The Bertz CT molecular complexity index is 618. The zero-order valence-electron chi connectivity index (χ0n) is 10.1. The first-order valence-electron chi connectivity index (χ1n) is 6.05. The molecular formula is C14H16N2OS. The number of aromatic nitrogens is 1. The molecule has 0 atom stereocenters. The van der Waals surface area contributed by atoms with Crippen LogP contribution in [0, 0.1) is 0 Å². The first kappa shape index (κ1) is 12.8. The van der Waals surface area contributed by atoms with E-state index in [1.54, 1.807) is 6.07 Å². The van der Waals surface area contributed by atoms with E-state index in [1.807, 2.05) is 34.9 Å². The van der Waals surface area contributed by atoms with E-state index in [2.05, 4.69) is 0 Å². The molecule has 1 aromatic heterocycles. The van der Waals surface area contributed by atoms with Crippen molar-refractivity contribution in [3.05, 3.63) is 46.8 Å². The van der Waals surface area contributed by atoms with Crippen molar-refractivity contribution in [2.45, 2.75) is 25.8 Å². The van der Waals surface area contributed by atoms with Gasteiger partial charge in [-0.05, 0) is 36.8 Å². The lowest BCUT2D eigenvalue weighted by Gasteiger charge is -2.09. The fraction of sp³-hybridized carbons (Fsp3) is 0.286. The molecule has 2 aromatic rings. The smallest absolute Gasteiger partial charge is 0.251 e. The number of nitrogens with zero attached hydrogens (tertiary/aromatic N) is 1. The highest BCUT2D eigenvalue weighted by Crippen LogP contribution is 2.11. The van der Waals surface area contributed by atoms with Gasteiger partial charge in [0.1, 0.15) is 0 Å². The number of unbranched alkanes of at least 4 members (excludes halogenated alkanes) is 1. The van der Waals surface area contributed by atoms with Crippen molar-refractivity contribution >= 4 is 28.1 Å². The molecule has 2 N–H and O–H groups in total. The van der Waals surface area contributed by atoms with Gasteiger partial charge in [0.2, 0.25) is 0 Å². The molecular weight excluding hydrogens is 244 g/mol. The van der Waals surface area contributed by atoms with Crippen LogP contribution in [0.4, 0.5) is 0 Å². The fourth-order valence-electron chi connectivity index (χ4n) is 2.04. The van der Waals surface area contributed by atoms with Gasteiger partial charge in [0.05, 0.1) is 10.5 Å². The summed E-state index contributed by atoms with van der Waals surface area (Å²) in [6, 6.07) is 11.4. The highest BCUT2D eigenvalue weighted by atomic mass is 32.1. The van der Waals surface area contributed by atoms with Gasteiger partial charge in [-0.2, -0.15) is 0 Å². The maximum atomic E-state index is 11.9. The summed E-state index contributed by atoms with van der Waals surface area (Å²) in [5.41, 5.74) is 6.49. The molecule has 0 aliphatic rings. The molecule has 0 saturated heterocycles. The Labute approximate surface area is 111 Å². The van der Waals surface area contributed by atoms with E-state index in [0.717, 1.165) is 30.2 Å². The highest BCUT2D eigenvalue weighted by molar-refractivity contribution is 7.80. The van der Waals surface area contributed by atoms with Crippen LogP contribution in [0.15, 0.2) is 41.2 Å². The molecule has 18 heavy (non-hydrogen) atoms. The Morgan fingerprint density at radius 2 is 1.94 bits per heavy atom. The summed E-state index contributed by atoms with van der Waals surface area (Å²) < 4.78 is 1.81. The molecule has 0 bridgehead atoms. The topological polar surface area (TPSA) is 48.0 Å². The molecule has 0 aliphatic carbocycles. The minimum Gasteiger partial charge on any atom is -0.393 e. The lowest BCUT2D eigenvalue weighted by atomic mass is 10.2. The molecule has 0 spiro atoms. The van der Waals surface area contributed by atoms with E-state index in [1.165, 1.54) is 0 Å². The number of pyridine rings is 1. The van der Waals surface area contributed by atoms with Gasteiger partial charge in [-0.3, -0.25) is 4.79 Å². The first-order valence-corrected chi connectivity index (χ1v) is 6.46. The molecule has 2 rings (SSSR count). The van der Waals surface area contributed by atoms with Crippen molar-refractivity contribution in [1.82, 2.24) is 4.57 Å². The van der Waals surface area contributed by atoms with Crippen LogP contribution in [-0.4, -0.2) is 9.56 Å². The van der Waals surface area contributed by atoms with Crippen LogP contribution in [0.1, 0.15) is 19.3 Å². The monoisotopic (exact) mass is 260 g/mol. The third-order valence-corrected chi connectivity index (χ3v) is 3.16. The van der Waals surface area contributed by atoms with Crippen LogP contribution in [0.2, 0.25) is 0 Å². The minimum absolute atomic E-state index is 0.0454. The summed E-state index contributed by atoms with van der Waals surface area (Å²) in [6.07, 6.45) is 2.57. The highest BCUT2D eigenvalue weighted by Gasteiger charge is 2.02. The number of thiocarbonyl (C=S) groups is 1. The summed E-state index contributed by atoms with van der Waals surface area (Å²) in [5.74, 6) is 0. The number of hydrogen-bond acceptors (Lipinski definition) is 2. The summed E-state index contributed by atoms with van der Waals surface area (Å²) in [6.45, 7) is 0.711. The molecule has 1 heterocycles. The predicted octanol–water partition coefficient (Wildman–Crippen LogP) is 2.46. The Morgan fingerprint density at radius 1 is 1.17 bits per heavy atom. The van der Waals surface area contributed by atoms with Gasteiger partial charge in [0.15, 0.2) is 0 Å². The van der Waals surface area contributed by atoms with E-state index in [-0.39, 0.29) is 5.56 Å². The first-order chi connectivity index (χ1) is 8.68. The zero-order valence-corrected chi connectivity index (χ0v) is 11.0. The molecule has 94 valence electrons. The molecule has 4 heteroatoms. The average Bonchev–Trinajstić information content (AvgIpc) is 2.36. The van der Waals surface area contributed by atoms with E-state index in [4.69, 9.17) is 18.0 Å². The lowest BCUT2D eigenvalue weighted by Crippen LogP contribution is -2.19. The molecule has 0 aliphatic heterocycles. The van der Waals surface area contributed by atoms with Gasteiger partial charge in [0, 0.05) is 12.6 Å². The number of benzene rings is 1. The van der Waals surface area contributed by atoms with Crippen LogP contribution in [0.5, 0.6) is 0 Å². The van der Waals surface area contributed by atoms with Gasteiger partial charge >= 0.3 is 0 Å². The van der Waals surface area contributed by atoms with E-state index >= 15 is 0 Å². The van der Waals surface area contributed by atoms with Crippen LogP contribution in [0.25, 0.3) is 10.9 Å². The van der Waals surface area contributed by atoms with Gasteiger partial charge in [0.25, 0.3) is 5.56 Å². The van der Waals surface area contributed by atoms with Crippen molar-refractivity contribution < 1.29 is 0 Å².